The summed E-state index contributed by atoms with van der Waals surface area (Å²) in [4.78, 5) is 42.4. The third kappa shape index (κ3) is 9.02. The number of aryl methyl sites for hydroxylation is 1. The lowest BCUT2D eigenvalue weighted by Crippen LogP contribution is -2.46. The summed E-state index contributed by atoms with van der Waals surface area (Å²) in [7, 11) is 1.38. The Morgan fingerprint density at radius 3 is 2.44 bits per heavy atom. The number of methoxy groups -OCH3 is 1. The molecule has 228 valence electrons. The van der Waals surface area contributed by atoms with Crippen LogP contribution >= 0.6 is 0 Å². The van der Waals surface area contributed by atoms with Gasteiger partial charge in [-0.25, -0.2) is 9.78 Å². The molecule has 1 amide bonds. The van der Waals surface area contributed by atoms with Gasteiger partial charge >= 0.3 is 11.9 Å². The minimum Gasteiger partial charge on any atom is -0.493 e. The summed E-state index contributed by atoms with van der Waals surface area (Å²) in [5.41, 5.74) is 1.06. The van der Waals surface area contributed by atoms with Crippen molar-refractivity contribution in [3.63, 3.8) is 0 Å². The summed E-state index contributed by atoms with van der Waals surface area (Å²) >= 11 is 0. The van der Waals surface area contributed by atoms with Gasteiger partial charge in [-0.3, -0.25) is 9.59 Å². The van der Waals surface area contributed by atoms with Crippen LogP contribution in [0.15, 0.2) is 72.9 Å². The molecule has 0 aliphatic carbocycles. The molecule has 4 unspecified atom stereocenters. The van der Waals surface area contributed by atoms with Gasteiger partial charge in [-0.2, -0.15) is 0 Å². The van der Waals surface area contributed by atoms with Gasteiger partial charge in [0.25, 0.3) is 5.91 Å². The molecule has 4 atom stereocenters. The zero-order chi connectivity index (χ0) is 30.6. The van der Waals surface area contributed by atoms with Crippen LogP contribution in [0.4, 0.5) is 0 Å². The van der Waals surface area contributed by atoms with E-state index in [0.717, 1.165) is 12.8 Å². The Bertz CT molecular complexity index is 1350. The molecule has 2 heterocycles. The van der Waals surface area contributed by atoms with Crippen LogP contribution in [0.2, 0.25) is 0 Å². The van der Waals surface area contributed by atoms with Crippen LogP contribution in [0.25, 0.3) is 0 Å². The van der Waals surface area contributed by atoms with E-state index in [0.29, 0.717) is 31.6 Å². The van der Waals surface area contributed by atoms with Crippen molar-refractivity contribution in [2.75, 3.05) is 13.7 Å². The maximum atomic E-state index is 13.3. The average Bonchev–Trinajstić information content (AvgIpc) is 3.05. The van der Waals surface area contributed by atoms with Crippen molar-refractivity contribution in [3.05, 3.63) is 84.2 Å². The Balaban J connectivity index is 1.48. The van der Waals surface area contributed by atoms with Crippen molar-refractivity contribution in [1.82, 2.24) is 10.3 Å². The number of cyclic esters (lactones) is 1. The number of carbonyl (C=O) groups is 3. The van der Waals surface area contributed by atoms with E-state index >= 15 is 0 Å². The van der Waals surface area contributed by atoms with Gasteiger partial charge in [0.1, 0.15) is 17.9 Å². The zero-order valence-corrected chi connectivity index (χ0v) is 24.7. The number of benzene rings is 2. The van der Waals surface area contributed by atoms with Crippen molar-refractivity contribution in [3.8, 4) is 17.2 Å². The minimum atomic E-state index is -0.970. The number of amides is 1. The number of rotatable bonds is 11. The molecule has 1 aliphatic rings. The van der Waals surface area contributed by atoms with Gasteiger partial charge in [0, 0.05) is 25.8 Å². The molecule has 2 aromatic carbocycles. The molecule has 1 N–H and O–H groups in total. The molecule has 1 saturated heterocycles. The highest BCUT2D eigenvalue weighted by Gasteiger charge is 2.37. The first-order chi connectivity index (χ1) is 20.9. The molecule has 0 radical (unpaired) electrons. The van der Waals surface area contributed by atoms with E-state index in [1.54, 1.807) is 6.92 Å². The summed E-state index contributed by atoms with van der Waals surface area (Å²) < 4.78 is 29.0. The largest absolute Gasteiger partial charge is 0.493 e. The molecule has 1 fully saturated rings. The summed E-state index contributed by atoms with van der Waals surface area (Å²) in [5.74, 6) is -1.27. The molecule has 10 heteroatoms. The zero-order valence-electron chi connectivity index (χ0n) is 24.7. The second-order valence-electron chi connectivity index (χ2n) is 10.3. The van der Waals surface area contributed by atoms with E-state index in [2.05, 4.69) is 22.4 Å². The number of aromatic nitrogens is 1. The van der Waals surface area contributed by atoms with Gasteiger partial charge in [0.05, 0.1) is 13.2 Å². The molecule has 1 aliphatic heterocycles. The molecule has 3 aromatic rings. The Labute approximate surface area is 251 Å². The van der Waals surface area contributed by atoms with Crippen LogP contribution in [-0.2, 0) is 25.5 Å². The highest BCUT2D eigenvalue weighted by molar-refractivity contribution is 5.98. The smallest absolute Gasteiger partial charge is 0.329 e. The fraction of sp³-hybridized carbons (Fsp3) is 0.394. The Hall–Kier alpha value is -4.44. The van der Waals surface area contributed by atoms with Crippen LogP contribution in [0.5, 0.6) is 17.2 Å². The number of carbonyl (C=O) groups excluding carboxylic acids is 3. The Kier molecular flexibility index (Phi) is 11.5. The number of nitrogens with one attached hydrogen (secondary N) is 1. The van der Waals surface area contributed by atoms with E-state index < -0.39 is 36.1 Å². The normalized spacial score (nSPS) is 20.5. The second-order valence-corrected chi connectivity index (χ2v) is 10.3. The van der Waals surface area contributed by atoms with E-state index in [1.165, 1.54) is 31.9 Å². The quantitative estimate of drug-likeness (QED) is 0.250. The molecule has 1 aromatic heterocycles. The number of nitrogens with zero attached hydrogens (tertiary/aromatic N) is 1. The monoisotopic (exact) mass is 590 g/mol. The predicted octanol–water partition coefficient (Wildman–Crippen LogP) is 4.70. The van der Waals surface area contributed by atoms with Gasteiger partial charge < -0.3 is 29.0 Å². The standard InChI is InChI=1S/C33H38N2O8/c1-22-30(43-25-15-8-5-9-16-25)28(40-21-11-14-24-12-6-4-7-13-24)18-10-17-26(33(38)41-22)35-32(37)29-31(42-23(2)36)27(39-3)19-20-34-29/h4-9,12-13,15-16,19-20,22,26,28,30H,10-11,14,17-18,21H2,1-3H3,(H,35,37). The third-order valence-corrected chi connectivity index (χ3v) is 7.05. The predicted molar refractivity (Wildman–Crippen MR) is 158 cm³/mol. The lowest BCUT2D eigenvalue weighted by Gasteiger charge is -2.31. The molecular formula is C33H38N2O8. The number of hydrogen-bond donors (Lipinski definition) is 1. The van der Waals surface area contributed by atoms with Gasteiger partial charge in [-0.1, -0.05) is 48.5 Å². The Morgan fingerprint density at radius 1 is 1.02 bits per heavy atom. The molecule has 43 heavy (non-hydrogen) atoms. The summed E-state index contributed by atoms with van der Waals surface area (Å²) in [6.45, 7) is 3.48. The first-order valence-electron chi connectivity index (χ1n) is 14.5. The van der Waals surface area contributed by atoms with Gasteiger partial charge in [0.15, 0.2) is 17.5 Å². The number of pyridine rings is 1. The van der Waals surface area contributed by atoms with Crippen molar-refractivity contribution >= 4 is 17.8 Å². The van der Waals surface area contributed by atoms with Crippen LogP contribution in [0.3, 0.4) is 0 Å². The average molecular weight is 591 g/mol. The van der Waals surface area contributed by atoms with Gasteiger partial charge in [-0.15, -0.1) is 0 Å². The third-order valence-electron chi connectivity index (χ3n) is 7.05. The van der Waals surface area contributed by atoms with E-state index in [4.69, 9.17) is 23.7 Å². The minimum absolute atomic E-state index is 0.125. The molecule has 0 bridgehead atoms. The molecule has 10 nitrogen and oxygen atoms in total. The molecule has 0 saturated carbocycles. The number of esters is 2. The van der Waals surface area contributed by atoms with Crippen molar-refractivity contribution in [2.45, 2.75) is 70.3 Å². The van der Waals surface area contributed by atoms with E-state index in [-0.39, 0.29) is 23.3 Å². The molecule has 4 rings (SSSR count). The summed E-state index contributed by atoms with van der Waals surface area (Å²) in [6, 6.07) is 20.0. The number of hydrogen-bond acceptors (Lipinski definition) is 9. The van der Waals surface area contributed by atoms with Crippen molar-refractivity contribution in [1.29, 1.82) is 0 Å². The summed E-state index contributed by atoms with van der Waals surface area (Å²) in [5, 5.41) is 2.71. The second kappa shape index (κ2) is 15.7. The molecule has 0 spiro atoms. The van der Waals surface area contributed by atoms with Crippen LogP contribution in [0, 0.1) is 0 Å². The van der Waals surface area contributed by atoms with Crippen LogP contribution < -0.4 is 19.5 Å². The lowest BCUT2D eigenvalue weighted by atomic mass is 10.0. The highest BCUT2D eigenvalue weighted by atomic mass is 16.6. The van der Waals surface area contributed by atoms with Crippen LogP contribution in [-0.4, -0.2) is 60.9 Å². The fourth-order valence-corrected chi connectivity index (χ4v) is 4.95. The Morgan fingerprint density at radius 2 is 1.74 bits per heavy atom. The molecular weight excluding hydrogens is 552 g/mol. The van der Waals surface area contributed by atoms with E-state index in [1.807, 2.05) is 48.5 Å². The van der Waals surface area contributed by atoms with Crippen molar-refractivity contribution in [2.24, 2.45) is 0 Å². The maximum Gasteiger partial charge on any atom is 0.329 e. The van der Waals surface area contributed by atoms with Gasteiger partial charge in [-0.05, 0) is 56.7 Å². The van der Waals surface area contributed by atoms with Crippen molar-refractivity contribution < 1.29 is 38.1 Å². The highest BCUT2D eigenvalue weighted by Crippen LogP contribution is 2.30. The maximum absolute atomic E-state index is 13.3. The summed E-state index contributed by atoms with van der Waals surface area (Å²) in [6.07, 6.45) is 2.86. The SMILES string of the molecule is COc1ccnc(C(=O)NC2CCCC(OCCCc3ccccc3)C(Oc3ccccc3)C(C)OC2=O)c1OC(C)=O. The topological polar surface area (TPSA) is 122 Å². The lowest BCUT2D eigenvalue weighted by molar-refractivity contribution is -0.159. The van der Waals surface area contributed by atoms with Crippen LogP contribution in [0.1, 0.15) is 55.6 Å². The van der Waals surface area contributed by atoms with Gasteiger partial charge in [0.2, 0.25) is 5.75 Å². The van der Waals surface area contributed by atoms with E-state index in [9.17, 15) is 14.4 Å². The number of para-hydroxylation sites is 1. The first-order valence-corrected chi connectivity index (χ1v) is 14.5. The number of ether oxygens (including phenoxy) is 5. The first kappa shape index (κ1) is 31.5. The fourth-order valence-electron chi connectivity index (χ4n) is 4.95.